The fourth-order valence-corrected chi connectivity index (χ4v) is 4.70. The molecule has 2 bridgehead atoms. The molecule has 0 spiro atoms. The van der Waals surface area contributed by atoms with E-state index in [4.69, 9.17) is 33.3 Å². The van der Waals surface area contributed by atoms with Gasteiger partial charge in [-0.2, -0.15) is 0 Å². The molecule has 0 unspecified atom stereocenters. The van der Waals surface area contributed by atoms with Gasteiger partial charge in [0, 0.05) is 16.3 Å². The zero-order valence-electron chi connectivity index (χ0n) is 15.9. The number of fused-ring (bicyclic) bond motifs is 4. The van der Waals surface area contributed by atoms with Gasteiger partial charge in [-0.15, -0.1) is 0 Å². The second kappa shape index (κ2) is 6.94. The lowest BCUT2D eigenvalue weighted by Gasteiger charge is -2.55. The minimum absolute atomic E-state index is 0.287. The van der Waals surface area contributed by atoms with Gasteiger partial charge in [-0.25, -0.2) is 0 Å². The molecule has 1 N–H and O–H groups in total. The monoisotopic (exact) mass is 416 g/mol. The zero-order chi connectivity index (χ0) is 20.1. The van der Waals surface area contributed by atoms with Crippen molar-refractivity contribution >= 4 is 40.6 Å². The lowest BCUT2D eigenvalue weighted by Crippen LogP contribution is -2.71. The van der Waals surface area contributed by atoms with Gasteiger partial charge in [-0.1, -0.05) is 23.7 Å². The first-order valence-corrected chi connectivity index (χ1v) is 9.96. The van der Waals surface area contributed by atoms with Crippen LogP contribution in [0.3, 0.4) is 0 Å². The predicted molar refractivity (Wildman–Crippen MR) is 113 cm³/mol. The second-order valence-electron chi connectivity index (χ2n) is 7.17. The van der Waals surface area contributed by atoms with Crippen molar-refractivity contribution in [3.8, 4) is 5.75 Å². The number of anilines is 1. The summed E-state index contributed by atoms with van der Waals surface area (Å²) in [7, 11) is 0. The molecule has 1 saturated heterocycles. The standard InChI is InChI=1S/C21H21ClN2O3S/c1-4-26-19(25)17-18-15-11-13(22)8-9-16(15)27-21(17,3)24(20(28)23-18)14-7-5-6-12(2)10-14/h5-11,17-18H,4H2,1-3H3,(H,23,28)/t17-,18-,21-/m0/s1. The molecule has 2 aromatic rings. The van der Waals surface area contributed by atoms with E-state index in [0.29, 0.717) is 15.9 Å². The summed E-state index contributed by atoms with van der Waals surface area (Å²) >= 11 is 11.9. The summed E-state index contributed by atoms with van der Waals surface area (Å²) in [5.74, 6) is -0.302. The van der Waals surface area contributed by atoms with E-state index in [-0.39, 0.29) is 18.6 Å². The molecule has 0 saturated carbocycles. The zero-order valence-corrected chi connectivity index (χ0v) is 17.4. The molecule has 0 aromatic heterocycles. The van der Waals surface area contributed by atoms with Crippen LogP contribution < -0.4 is 15.0 Å². The van der Waals surface area contributed by atoms with Gasteiger partial charge in [0.15, 0.2) is 5.11 Å². The summed E-state index contributed by atoms with van der Waals surface area (Å²) in [5.41, 5.74) is 1.69. The molecule has 0 aliphatic carbocycles. The Bertz CT molecular complexity index is 966. The third-order valence-electron chi connectivity index (χ3n) is 5.26. The maximum absolute atomic E-state index is 13.0. The average molecular weight is 417 g/mol. The van der Waals surface area contributed by atoms with Gasteiger partial charge in [-0.05, 0) is 68.9 Å². The van der Waals surface area contributed by atoms with Crippen molar-refractivity contribution in [3.05, 3.63) is 58.6 Å². The summed E-state index contributed by atoms with van der Waals surface area (Å²) in [6, 6.07) is 13.0. The van der Waals surface area contributed by atoms with E-state index in [1.165, 1.54) is 0 Å². The highest BCUT2D eigenvalue weighted by molar-refractivity contribution is 7.80. The van der Waals surface area contributed by atoms with Crippen LogP contribution in [0.4, 0.5) is 5.69 Å². The number of ether oxygens (including phenoxy) is 2. The summed E-state index contributed by atoms with van der Waals surface area (Å²) in [4.78, 5) is 14.9. The van der Waals surface area contributed by atoms with Crippen LogP contribution in [0.5, 0.6) is 5.75 Å². The first-order chi connectivity index (χ1) is 13.3. The molecule has 28 heavy (non-hydrogen) atoms. The van der Waals surface area contributed by atoms with Crippen molar-refractivity contribution in [2.45, 2.75) is 32.5 Å². The van der Waals surface area contributed by atoms with Gasteiger partial charge in [0.2, 0.25) is 5.72 Å². The largest absolute Gasteiger partial charge is 0.466 e. The predicted octanol–water partition coefficient (Wildman–Crippen LogP) is 4.37. The van der Waals surface area contributed by atoms with Gasteiger partial charge in [-0.3, -0.25) is 9.69 Å². The van der Waals surface area contributed by atoms with E-state index in [1.54, 1.807) is 13.0 Å². The van der Waals surface area contributed by atoms with Gasteiger partial charge < -0.3 is 14.8 Å². The van der Waals surface area contributed by atoms with Crippen LogP contribution in [-0.2, 0) is 9.53 Å². The number of carbonyl (C=O) groups excluding carboxylic acids is 1. The number of nitrogens with zero attached hydrogens (tertiary/aromatic N) is 1. The quantitative estimate of drug-likeness (QED) is 0.592. The minimum atomic E-state index is -1.05. The molecular weight excluding hydrogens is 396 g/mol. The smallest absolute Gasteiger partial charge is 0.317 e. The van der Waals surface area contributed by atoms with Crippen molar-refractivity contribution in [2.24, 2.45) is 5.92 Å². The number of halogens is 1. The molecule has 2 aliphatic heterocycles. The van der Waals surface area contributed by atoms with Crippen molar-refractivity contribution in [2.75, 3.05) is 11.5 Å². The van der Waals surface area contributed by atoms with Crippen molar-refractivity contribution in [3.63, 3.8) is 0 Å². The van der Waals surface area contributed by atoms with Crippen LogP contribution in [0.25, 0.3) is 0 Å². The van der Waals surface area contributed by atoms with Gasteiger partial charge in [0.1, 0.15) is 11.7 Å². The maximum Gasteiger partial charge on any atom is 0.317 e. The summed E-state index contributed by atoms with van der Waals surface area (Å²) in [6.45, 7) is 5.97. The number of carbonyl (C=O) groups is 1. The van der Waals surface area contributed by atoms with E-state index < -0.39 is 11.6 Å². The molecule has 2 aliphatic rings. The first-order valence-electron chi connectivity index (χ1n) is 9.17. The number of benzene rings is 2. The third kappa shape index (κ3) is 2.91. The molecule has 0 radical (unpaired) electrons. The molecule has 2 heterocycles. The molecule has 2 aromatic carbocycles. The second-order valence-corrected chi connectivity index (χ2v) is 7.99. The van der Waals surface area contributed by atoms with Crippen molar-refractivity contribution in [1.29, 1.82) is 0 Å². The number of thiocarbonyl (C=S) groups is 1. The lowest BCUT2D eigenvalue weighted by atomic mass is 9.79. The van der Waals surface area contributed by atoms with E-state index in [9.17, 15) is 4.79 Å². The topological polar surface area (TPSA) is 50.8 Å². The molecule has 7 heteroatoms. The van der Waals surface area contributed by atoms with Crippen LogP contribution in [0.2, 0.25) is 5.02 Å². The fraction of sp³-hybridized carbons (Fsp3) is 0.333. The Labute approximate surface area is 174 Å². The lowest BCUT2D eigenvalue weighted by molar-refractivity contribution is -0.159. The van der Waals surface area contributed by atoms with E-state index >= 15 is 0 Å². The molecule has 4 rings (SSSR count). The summed E-state index contributed by atoms with van der Waals surface area (Å²) in [6.07, 6.45) is 0. The highest BCUT2D eigenvalue weighted by Crippen LogP contribution is 2.50. The Balaban J connectivity index is 1.90. The Morgan fingerprint density at radius 3 is 2.86 bits per heavy atom. The molecule has 1 fully saturated rings. The van der Waals surface area contributed by atoms with Crippen LogP contribution >= 0.6 is 23.8 Å². The Morgan fingerprint density at radius 1 is 1.36 bits per heavy atom. The molecule has 3 atom stereocenters. The summed E-state index contributed by atoms with van der Waals surface area (Å²) in [5, 5.41) is 4.39. The Kier molecular flexibility index (Phi) is 4.71. The van der Waals surface area contributed by atoms with Crippen LogP contribution in [0.1, 0.15) is 31.0 Å². The first kappa shape index (κ1) is 19.0. The van der Waals surface area contributed by atoms with Gasteiger partial charge in [0.05, 0.1) is 12.6 Å². The molecule has 146 valence electrons. The SMILES string of the molecule is CCOC(=O)[C@@H]1[C@H]2NC(=S)N(c3cccc(C)c3)[C@@]1(C)Oc1ccc(Cl)cc12. The average Bonchev–Trinajstić information content (AvgIpc) is 2.62. The molecular formula is C21H21ClN2O3S. The summed E-state index contributed by atoms with van der Waals surface area (Å²) < 4.78 is 11.9. The van der Waals surface area contributed by atoms with Gasteiger partial charge >= 0.3 is 5.97 Å². The number of esters is 1. The molecule has 5 nitrogen and oxygen atoms in total. The Hall–Kier alpha value is -2.31. The van der Waals surface area contributed by atoms with E-state index in [1.807, 2.05) is 55.1 Å². The van der Waals surface area contributed by atoms with Crippen molar-refractivity contribution < 1.29 is 14.3 Å². The van der Waals surface area contributed by atoms with Crippen LogP contribution in [-0.4, -0.2) is 23.4 Å². The highest BCUT2D eigenvalue weighted by atomic mass is 35.5. The number of hydrogen-bond acceptors (Lipinski definition) is 4. The fourth-order valence-electron chi connectivity index (χ4n) is 4.10. The Morgan fingerprint density at radius 2 is 2.14 bits per heavy atom. The minimum Gasteiger partial charge on any atom is -0.466 e. The van der Waals surface area contributed by atoms with Crippen molar-refractivity contribution in [1.82, 2.24) is 5.32 Å². The maximum atomic E-state index is 13.0. The number of hydrogen-bond donors (Lipinski definition) is 1. The van der Waals surface area contributed by atoms with Crippen LogP contribution in [0, 0.1) is 12.8 Å². The van der Waals surface area contributed by atoms with Gasteiger partial charge in [0.25, 0.3) is 0 Å². The molecule has 0 amide bonds. The number of aryl methyl sites for hydroxylation is 1. The third-order valence-corrected chi connectivity index (χ3v) is 5.80. The number of nitrogens with one attached hydrogen (secondary N) is 1. The number of rotatable bonds is 3. The van der Waals surface area contributed by atoms with E-state index in [2.05, 4.69) is 5.32 Å². The van der Waals surface area contributed by atoms with Crippen LogP contribution in [0.15, 0.2) is 42.5 Å². The normalized spacial score (nSPS) is 25.4. The highest BCUT2D eigenvalue weighted by Gasteiger charge is 2.59. The van der Waals surface area contributed by atoms with E-state index in [0.717, 1.165) is 16.8 Å².